The molecule has 1 aromatic carbocycles. The zero-order valence-electron chi connectivity index (χ0n) is 12.5. The minimum atomic E-state index is 0.695. The van der Waals surface area contributed by atoms with Crippen molar-refractivity contribution in [3.05, 3.63) is 58.3 Å². The number of piperidine rings is 1. The van der Waals surface area contributed by atoms with E-state index >= 15 is 0 Å². The van der Waals surface area contributed by atoms with Gasteiger partial charge in [-0.15, -0.1) is 11.3 Å². The average Bonchev–Trinajstić information content (AvgIpc) is 3.06. The Balaban J connectivity index is 1.35. The minimum absolute atomic E-state index is 0.695. The average molecular weight is 300 g/mol. The third-order valence-electron chi connectivity index (χ3n) is 4.29. The normalized spacial score (nSPS) is 17.1. The second-order valence-corrected chi connectivity index (χ2v) is 6.84. The van der Waals surface area contributed by atoms with E-state index in [2.05, 4.69) is 58.1 Å². The molecular weight excluding hydrogens is 276 g/mol. The summed E-state index contributed by atoms with van der Waals surface area (Å²) in [6, 6.07) is 15.9. The lowest BCUT2D eigenvalue weighted by Crippen LogP contribution is -2.42. The number of hydrogen-bond donors (Lipinski definition) is 1. The summed E-state index contributed by atoms with van der Waals surface area (Å²) in [5, 5.41) is 5.86. The lowest BCUT2D eigenvalue weighted by Gasteiger charge is -2.32. The first kappa shape index (κ1) is 14.8. The van der Waals surface area contributed by atoms with E-state index in [1.807, 2.05) is 11.3 Å². The molecule has 0 radical (unpaired) electrons. The number of thiophene rings is 1. The van der Waals surface area contributed by atoms with Crippen LogP contribution in [0.1, 0.15) is 23.3 Å². The van der Waals surface area contributed by atoms with Gasteiger partial charge in [0.1, 0.15) is 0 Å². The Labute approximate surface area is 131 Å². The third kappa shape index (κ3) is 4.67. The third-order valence-corrected chi connectivity index (χ3v) is 5.17. The van der Waals surface area contributed by atoms with Gasteiger partial charge in [0.05, 0.1) is 0 Å². The van der Waals surface area contributed by atoms with Gasteiger partial charge in [-0.05, 0) is 49.4 Å². The van der Waals surface area contributed by atoms with Crippen molar-refractivity contribution in [2.75, 3.05) is 19.6 Å². The molecule has 3 rings (SSSR count). The second kappa shape index (κ2) is 7.74. The van der Waals surface area contributed by atoms with Crippen LogP contribution < -0.4 is 5.32 Å². The molecule has 112 valence electrons. The van der Waals surface area contributed by atoms with Gasteiger partial charge >= 0.3 is 0 Å². The standard InChI is InChI=1S/C18H24N2S/c1-2-5-16(6-3-1)8-11-20-12-9-17(10-13-20)19-15-18-7-4-14-21-18/h1-7,14,17,19H,8-13,15H2. The van der Waals surface area contributed by atoms with Crippen molar-refractivity contribution >= 4 is 11.3 Å². The molecule has 1 aliphatic rings. The summed E-state index contributed by atoms with van der Waals surface area (Å²) in [6.07, 6.45) is 3.73. The Bertz CT molecular complexity index is 501. The van der Waals surface area contributed by atoms with E-state index in [9.17, 15) is 0 Å². The van der Waals surface area contributed by atoms with Crippen molar-refractivity contribution in [2.24, 2.45) is 0 Å². The van der Waals surface area contributed by atoms with Crippen molar-refractivity contribution in [3.63, 3.8) is 0 Å². The van der Waals surface area contributed by atoms with Crippen LogP contribution >= 0.6 is 11.3 Å². The molecule has 0 atom stereocenters. The zero-order chi connectivity index (χ0) is 14.3. The summed E-state index contributed by atoms with van der Waals surface area (Å²) >= 11 is 1.84. The van der Waals surface area contributed by atoms with Gasteiger partial charge in [-0.3, -0.25) is 0 Å². The number of nitrogens with zero attached hydrogens (tertiary/aromatic N) is 1. The minimum Gasteiger partial charge on any atom is -0.309 e. The van der Waals surface area contributed by atoms with E-state index in [4.69, 9.17) is 0 Å². The molecule has 1 N–H and O–H groups in total. The molecule has 0 unspecified atom stereocenters. The van der Waals surface area contributed by atoms with Gasteiger partial charge in [0.15, 0.2) is 0 Å². The highest BCUT2D eigenvalue weighted by Gasteiger charge is 2.18. The molecule has 0 saturated carbocycles. The highest BCUT2D eigenvalue weighted by atomic mass is 32.1. The summed E-state index contributed by atoms with van der Waals surface area (Å²) in [5.41, 5.74) is 1.45. The van der Waals surface area contributed by atoms with E-state index < -0.39 is 0 Å². The smallest absolute Gasteiger partial charge is 0.0302 e. The molecule has 1 fully saturated rings. The summed E-state index contributed by atoms with van der Waals surface area (Å²) in [7, 11) is 0. The van der Waals surface area contributed by atoms with Crippen LogP contribution in [0.25, 0.3) is 0 Å². The molecule has 21 heavy (non-hydrogen) atoms. The summed E-state index contributed by atoms with van der Waals surface area (Å²) in [6.45, 7) is 4.69. The lowest BCUT2D eigenvalue weighted by molar-refractivity contribution is 0.199. The molecule has 2 nitrogen and oxygen atoms in total. The Morgan fingerprint density at radius 2 is 1.86 bits per heavy atom. The van der Waals surface area contributed by atoms with E-state index in [-0.39, 0.29) is 0 Å². The van der Waals surface area contributed by atoms with Crippen LogP contribution in [0.5, 0.6) is 0 Å². The van der Waals surface area contributed by atoms with Crippen molar-refractivity contribution in [2.45, 2.75) is 31.8 Å². The maximum atomic E-state index is 3.70. The van der Waals surface area contributed by atoms with Crippen LogP contribution in [-0.2, 0) is 13.0 Å². The van der Waals surface area contributed by atoms with Gasteiger partial charge in [0.25, 0.3) is 0 Å². The van der Waals surface area contributed by atoms with E-state index in [1.165, 1.54) is 49.3 Å². The Hall–Kier alpha value is -1.16. The monoisotopic (exact) mass is 300 g/mol. The first-order chi connectivity index (χ1) is 10.4. The molecule has 1 saturated heterocycles. The molecular formula is C18H24N2S. The summed E-state index contributed by atoms with van der Waals surface area (Å²) in [4.78, 5) is 4.05. The van der Waals surface area contributed by atoms with Gasteiger partial charge in [0, 0.05) is 24.0 Å². The first-order valence-electron chi connectivity index (χ1n) is 7.92. The van der Waals surface area contributed by atoms with Gasteiger partial charge < -0.3 is 10.2 Å². The van der Waals surface area contributed by atoms with Crippen molar-refractivity contribution < 1.29 is 0 Å². The molecule has 0 aliphatic carbocycles. The predicted octanol–water partition coefficient (Wildman–Crippen LogP) is 3.54. The van der Waals surface area contributed by atoms with Crippen LogP contribution in [0.3, 0.4) is 0 Å². The fourth-order valence-corrected chi connectivity index (χ4v) is 3.61. The van der Waals surface area contributed by atoms with Gasteiger partial charge in [-0.25, -0.2) is 0 Å². The predicted molar refractivity (Wildman–Crippen MR) is 90.8 cm³/mol. The Morgan fingerprint density at radius 1 is 1.05 bits per heavy atom. The zero-order valence-corrected chi connectivity index (χ0v) is 13.3. The van der Waals surface area contributed by atoms with Gasteiger partial charge in [-0.2, -0.15) is 0 Å². The second-order valence-electron chi connectivity index (χ2n) is 5.81. The molecule has 2 aromatic rings. The molecule has 0 amide bonds. The molecule has 2 heterocycles. The highest BCUT2D eigenvalue weighted by molar-refractivity contribution is 7.09. The van der Waals surface area contributed by atoms with Crippen molar-refractivity contribution in [1.82, 2.24) is 10.2 Å². The van der Waals surface area contributed by atoms with Crippen LogP contribution in [0.15, 0.2) is 47.8 Å². The number of rotatable bonds is 6. The Kier molecular flexibility index (Phi) is 5.44. The largest absolute Gasteiger partial charge is 0.309 e. The highest BCUT2D eigenvalue weighted by Crippen LogP contribution is 2.14. The summed E-state index contributed by atoms with van der Waals surface area (Å²) < 4.78 is 0. The maximum Gasteiger partial charge on any atom is 0.0302 e. The number of nitrogens with one attached hydrogen (secondary N) is 1. The summed E-state index contributed by atoms with van der Waals surface area (Å²) in [5.74, 6) is 0. The van der Waals surface area contributed by atoms with E-state index in [1.54, 1.807) is 0 Å². The van der Waals surface area contributed by atoms with Crippen LogP contribution in [0.4, 0.5) is 0 Å². The lowest BCUT2D eigenvalue weighted by atomic mass is 10.0. The fraction of sp³-hybridized carbons (Fsp3) is 0.444. The van der Waals surface area contributed by atoms with E-state index in [0.29, 0.717) is 6.04 Å². The quantitative estimate of drug-likeness (QED) is 0.878. The molecule has 1 aliphatic heterocycles. The van der Waals surface area contributed by atoms with Crippen molar-refractivity contribution in [3.8, 4) is 0 Å². The molecule has 3 heteroatoms. The topological polar surface area (TPSA) is 15.3 Å². The van der Waals surface area contributed by atoms with Gasteiger partial charge in [-0.1, -0.05) is 36.4 Å². The van der Waals surface area contributed by atoms with Crippen LogP contribution in [0, 0.1) is 0 Å². The molecule has 0 bridgehead atoms. The van der Waals surface area contributed by atoms with E-state index in [0.717, 1.165) is 6.54 Å². The first-order valence-corrected chi connectivity index (χ1v) is 8.80. The van der Waals surface area contributed by atoms with Crippen molar-refractivity contribution in [1.29, 1.82) is 0 Å². The number of likely N-dealkylation sites (tertiary alicyclic amines) is 1. The Morgan fingerprint density at radius 3 is 2.57 bits per heavy atom. The molecule has 1 aromatic heterocycles. The molecule has 0 spiro atoms. The van der Waals surface area contributed by atoms with Crippen LogP contribution in [-0.4, -0.2) is 30.6 Å². The number of benzene rings is 1. The fourth-order valence-electron chi connectivity index (χ4n) is 2.95. The number of hydrogen-bond acceptors (Lipinski definition) is 3. The maximum absolute atomic E-state index is 3.70. The van der Waals surface area contributed by atoms with Gasteiger partial charge in [0.2, 0.25) is 0 Å². The SMILES string of the molecule is c1ccc(CCN2CCC(NCc3cccs3)CC2)cc1. The van der Waals surface area contributed by atoms with Crippen LogP contribution in [0.2, 0.25) is 0 Å².